The molecule has 0 saturated carbocycles. The summed E-state index contributed by atoms with van der Waals surface area (Å²) in [6.07, 6.45) is 0. The molecule has 1 atom stereocenters. The van der Waals surface area contributed by atoms with Crippen LogP contribution in [0.25, 0.3) is 0 Å². The predicted octanol–water partition coefficient (Wildman–Crippen LogP) is 3.54. The number of benzene rings is 1. The van der Waals surface area contributed by atoms with E-state index in [9.17, 15) is 5.11 Å². The molecule has 5 heteroatoms. The zero-order valence-electron chi connectivity index (χ0n) is 13.3. The van der Waals surface area contributed by atoms with Gasteiger partial charge in [0.05, 0.1) is 0 Å². The van der Waals surface area contributed by atoms with Crippen LogP contribution in [0.3, 0.4) is 0 Å². The van der Waals surface area contributed by atoms with Crippen LogP contribution in [0.1, 0.15) is 37.9 Å². The summed E-state index contributed by atoms with van der Waals surface area (Å²) in [6.45, 7) is 12.9. The molecule has 0 spiro atoms. The highest BCUT2D eigenvalue weighted by Gasteiger charge is 2.34. The summed E-state index contributed by atoms with van der Waals surface area (Å²) < 4.78 is 0. The van der Waals surface area contributed by atoms with E-state index >= 15 is 0 Å². The first-order chi connectivity index (χ1) is 8.91. The highest BCUT2D eigenvalue weighted by atomic mass is 35.5. The number of aryl methyl sites for hydroxylation is 1. The maximum atomic E-state index is 10.4. The number of phenols is 1. The van der Waals surface area contributed by atoms with Crippen LogP contribution < -0.4 is 5.32 Å². The smallest absolute Gasteiger partial charge is 0.123 e. The molecule has 0 unspecified atom stereocenters. The van der Waals surface area contributed by atoms with Crippen molar-refractivity contribution >= 4 is 24.8 Å². The van der Waals surface area contributed by atoms with Crippen molar-refractivity contribution in [2.75, 3.05) is 26.2 Å². The van der Waals surface area contributed by atoms with Gasteiger partial charge in [0.2, 0.25) is 0 Å². The van der Waals surface area contributed by atoms with E-state index in [2.05, 4.69) is 37.1 Å². The Labute approximate surface area is 140 Å². The topological polar surface area (TPSA) is 35.5 Å². The molecule has 1 fully saturated rings. The summed E-state index contributed by atoms with van der Waals surface area (Å²) in [4.78, 5) is 2.49. The van der Waals surface area contributed by atoms with Crippen LogP contribution in [0.2, 0.25) is 0 Å². The average Bonchev–Trinajstić information content (AvgIpc) is 2.35. The highest BCUT2D eigenvalue weighted by Crippen LogP contribution is 2.42. The van der Waals surface area contributed by atoms with Crippen molar-refractivity contribution in [3.63, 3.8) is 0 Å². The number of nitrogens with zero attached hydrogens (tertiary/aromatic N) is 1. The zero-order valence-corrected chi connectivity index (χ0v) is 15.0. The third-order valence-corrected chi connectivity index (χ3v) is 3.90. The maximum absolute atomic E-state index is 10.4. The predicted molar refractivity (Wildman–Crippen MR) is 94.0 cm³/mol. The van der Waals surface area contributed by atoms with E-state index in [0.29, 0.717) is 5.75 Å². The Morgan fingerprint density at radius 3 is 2.24 bits per heavy atom. The molecule has 122 valence electrons. The third-order valence-electron chi connectivity index (χ3n) is 3.90. The number of hydrogen-bond acceptors (Lipinski definition) is 3. The van der Waals surface area contributed by atoms with Gasteiger partial charge < -0.3 is 10.4 Å². The minimum absolute atomic E-state index is 0. The molecule has 1 aliphatic heterocycles. The summed E-state index contributed by atoms with van der Waals surface area (Å²) in [6, 6.07) is 6.34. The van der Waals surface area contributed by atoms with Gasteiger partial charge in [0.25, 0.3) is 0 Å². The van der Waals surface area contributed by atoms with Crippen LogP contribution >= 0.6 is 24.8 Å². The van der Waals surface area contributed by atoms with Crippen molar-refractivity contribution in [2.24, 2.45) is 5.41 Å². The number of para-hydroxylation sites is 1. The summed E-state index contributed by atoms with van der Waals surface area (Å²) in [7, 11) is 0. The van der Waals surface area contributed by atoms with Crippen LogP contribution in [0.15, 0.2) is 18.2 Å². The molecular weight excluding hydrogens is 307 g/mol. The van der Waals surface area contributed by atoms with Crippen LogP contribution in [-0.4, -0.2) is 36.2 Å². The lowest BCUT2D eigenvalue weighted by molar-refractivity contribution is 0.0842. The van der Waals surface area contributed by atoms with Crippen LogP contribution in [0.5, 0.6) is 5.75 Å². The minimum Gasteiger partial charge on any atom is -0.507 e. The molecule has 1 aromatic carbocycles. The molecule has 1 aliphatic rings. The van der Waals surface area contributed by atoms with Crippen molar-refractivity contribution in [3.05, 3.63) is 29.3 Å². The molecule has 0 aromatic heterocycles. The van der Waals surface area contributed by atoms with Gasteiger partial charge in [-0.05, 0) is 17.9 Å². The highest BCUT2D eigenvalue weighted by molar-refractivity contribution is 5.85. The molecule has 1 saturated heterocycles. The molecule has 21 heavy (non-hydrogen) atoms. The van der Waals surface area contributed by atoms with Crippen molar-refractivity contribution in [3.8, 4) is 5.75 Å². The third kappa shape index (κ3) is 4.75. The molecule has 3 nitrogen and oxygen atoms in total. The SMILES string of the molecule is Cc1cccc([C@H](N2CCNCC2)C(C)(C)C)c1O.Cl.Cl. The van der Waals surface area contributed by atoms with Gasteiger partial charge in [0.15, 0.2) is 0 Å². The Balaban J connectivity index is 0.00000200. The number of phenolic OH excluding ortho intramolecular Hbond substituents is 1. The van der Waals surface area contributed by atoms with Crippen molar-refractivity contribution in [2.45, 2.75) is 33.7 Å². The van der Waals surface area contributed by atoms with Gasteiger partial charge in [-0.25, -0.2) is 0 Å². The van der Waals surface area contributed by atoms with Crippen LogP contribution in [0, 0.1) is 12.3 Å². The van der Waals surface area contributed by atoms with Crippen molar-refractivity contribution < 1.29 is 5.11 Å². The summed E-state index contributed by atoms with van der Waals surface area (Å²) >= 11 is 0. The Kier molecular flexibility index (Phi) is 8.04. The number of hydrogen-bond donors (Lipinski definition) is 2. The fraction of sp³-hybridized carbons (Fsp3) is 0.625. The van der Waals surface area contributed by atoms with E-state index < -0.39 is 0 Å². The summed E-state index contributed by atoms with van der Waals surface area (Å²) in [5, 5.41) is 13.8. The van der Waals surface area contributed by atoms with Crippen LogP contribution in [-0.2, 0) is 0 Å². The van der Waals surface area contributed by atoms with E-state index in [1.165, 1.54) is 0 Å². The standard InChI is InChI=1S/C16H26N2O.2ClH/c1-12-6-5-7-13(14(12)19)15(16(2,3)4)18-10-8-17-9-11-18;;/h5-7,15,17,19H,8-11H2,1-4H3;2*1H/t15-;;/m0../s1. The molecule has 0 bridgehead atoms. The maximum Gasteiger partial charge on any atom is 0.123 e. The molecule has 0 radical (unpaired) electrons. The van der Waals surface area contributed by atoms with E-state index in [0.717, 1.165) is 37.3 Å². The monoisotopic (exact) mass is 334 g/mol. The van der Waals surface area contributed by atoms with E-state index in [-0.39, 0.29) is 36.3 Å². The van der Waals surface area contributed by atoms with Gasteiger partial charge in [-0.1, -0.05) is 39.0 Å². The first-order valence-electron chi connectivity index (χ1n) is 7.14. The lowest BCUT2D eigenvalue weighted by atomic mass is 9.80. The van der Waals surface area contributed by atoms with Gasteiger partial charge in [0.1, 0.15) is 5.75 Å². The molecule has 0 amide bonds. The molecule has 1 aromatic rings. The van der Waals surface area contributed by atoms with Crippen LogP contribution in [0.4, 0.5) is 0 Å². The Bertz CT molecular complexity index is 440. The lowest BCUT2D eigenvalue weighted by Gasteiger charge is -2.43. The van der Waals surface area contributed by atoms with Crippen molar-refractivity contribution in [1.29, 1.82) is 0 Å². The van der Waals surface area contributed by atoms with E-state index in [1.54, 1.807) is 0 Å². The van der Waals surface area contributed by atoms with Gasteiger partial charge >= 0.3 is 0 Å². The average molecular weight is 335 g/mol. The van der Waals surface area contributed by atoms with E-state index in [4.69, 9.17) is 0 Å². The number of aromatic hydroxyl groups is 1. The lowest BCUT2D eigenvalue weighted by Crippen LogP contribution is -2.48. The number of rotatable bonds is 2. The second-order valence-electron chi connectivity index (χ2n) is 6.57. The summed E-state index contributed by atoms with van der Waals surface area (Å²) in [5.41, 5.74) is 2.12. The molecular formula is C16H28Cl2N2O. The fourth-order valence-electron chi connectivity index (χ4n) is 3.05. The number of nitrogens with one attached hydrogen (secondary N) is 1. The van der Waals surface area contributed by atoms with E-state index in [1.807, 2.05) is 19.1 Å². The second-order valence-corrected chi connectivity index (χ2v) is 6.57. The number of halogens is 2. The van der Waals surface area contributed by atoms with Gasteiger partial charge in [-0.15, -0.1) is 24.8 Å². The largest absolute Gasteiger partial charge is 0.507 e. The first kappa shape index (κ1) is 20.5. The fourth-order valence-corrected chi connectivity index (χ4v) is 3.05. The molecule has 2 N–H and O–H groups in total. The van der Waals surface area contributed by atoms with Gasteiger partial charge in [-0.3, -0.25) is 4.90 Å². The summed E-state index contributed by atoms with van der Waals surface area (Å²) in [5.74, 6) is 0.459. The molecule has 0 aliphatic carbocycles. The van der Waals surface area contributed by atoms with Gasteiger partial charge in [-0.2, -0.15) is 0 Å². The first-order valence-corrected chi connectivity index (χ1v) is 7.14. The second kappa shape index (κ2) is 8.23. The Morgan fingerprint density at radius 1 is 1.14 bits per heavy atom. The quantitative estimate of drug-likeness (QED) is 0.868. The zero-order chi connectivity index (χ0) is 14.0. The Hall–Kier alpha value is -0.480. The van der Waals surface area contributed by atoms with Gasteiger partial charge in [0, 0.05) is 37.8 Å². The van der Waals surface area contributed by atoms with Crippen molar-refractivity contribution in [1.82, 2.24) is 10.2 Å². The minimum atomic E-state index is 0. The number of piperazine rings is 1. The normalized spacial score (nSPS) is 17.5. The molecule has 1 heterocycles. The Morgan fingerprint density at radius 2 is 1.71 bits per heavy atom. The molecule has 2 rings (SSSR count).